The maximum Gasteiger partial charge on any atom is 0.253 e. The molecule has 2 heterocycles. The molecule has 0 aliphatic carbocycles. The van der Waals surface area contributed by atoms with Gasteiger partial charge in [0.2, 0.25) is 0 Å². The van der Waals surface area contributed by atoms with E-state index in [0.717, 1.165) is 22.9 Å². The summed E-state index contributed by atoms with van der Waals surface area (Å²) < 4.78 is 28.7. The summed E-state index contributed by atoms with van der Waals surface area (Å²) >= 11 is 1.37. The Bertz CT molecular complexity index is 662. The molecule has 3 nitrogen and oxygen atoms in total. The van der Waals surface area contributed by atoms with E-state index in [4.69, 9.17) is 0 Å². The molecule has 0 N–H and O–H groups in total. The smallest absolute Gasteiger partial charge is 0.206 e. The van der Waals surface area contributed by atoms with Crippen LogP contribution in [0.3, 0.4) is 0 Å². The topological polar surface area (TPSA) is 37.4 Å². The molecule has 1 aromatic carbocycles. The lowest BCUT2D eigenvalue weighted by Gasteiger charge is -2.24. The average molecular weight is 295 g/mol. The van der Waals surface area contributed by atoms with Gasteiger partial charge >= 0.3 is 0 Å². The standard InChI is InChI=1S/C14H17NO2S2/c1-10-7-8-11(2)15(10)19(16,17)14-9-12-5-3-4-6-13(12)18-14/h3-6,9-11H,7-8H2,1-2H3/t10-,11+. The predicted octanol–water partition coefficient (Wildman–Crippen LogP) is 3.46. The molecule has 0 spiro atoms. The van der Waals surface area contributed by atoms with Crippen LogP contribution in [0, 0.1) is 0 Å². The number of fused-ring (bicyclic) bond motifs is 1. The van der Waals surface area contributed by atoms with E-state index in [-0.39, 0.29) is 12.1 Å². The highest BCUT2D eigenvalue weighted by molar-refractivity contribution is 7.91. The van der Waals surface area contributed by atoms with Crippen molar-refractivity contribution in [3.05, 3.63) is 30.3 Å². The molecule has 0 unspecified atom stereocenters. The van der Waals surface area contributed by atoms with Crippen LogP contribution in [0.2, 0.25) is 0 Å². The van der Waals surface area contributed by atoms with E-state index in [1.165, 1.54) is 11.3 Å². The molecule has 3 rings (SSSR count). The minimum Gasteiger partial charge on any atom is -0.206 e. The van der Waals surface area contributed by atoms with Crippen molar-refractivity contribution in [2.75, 3.05) is 0 Å². The lowest BCUT2D eigenvalue weighted by Crippen LogP contribution is -2.38. The Morgan fingerprint density at radius 2 is 1.79 bits per heavy atom. The quantitative estimate of drug-likeness (QED) is 0.851. The molecule has 0 amide bonds. The van der Waals surface area contributed by atoms with Crippen LogP contribution in [-0.4, -0.2) is 24.8 Å². The van der Waals surface area contributed by atoms with Gasteiger partial charge in [0.05, 0.1) is 0 Å². The maximum absolute atomic E-state index is 12.8. The molecule has 1 aromatic heterocycles. The van der Waals surface area contributed by atoms with Crippen LogP contribution in [0.1, 0.15) is 26.7 Å². The summed E-state index contributed by atoms with van der Waals surface area (Å²) in [5.74, 6) is 0. The maximum atomic E-state index is 12.8. The second kappa shape index (κ2) is 4.58. The molecule has 19 heavy (non-hydrogen) atoms. The minimum atomic E-state index is -3.35. The third kappa shape index (κ3) is 2.10. The van der Waals surface area contributed by atoms with Crippen LogP contribution in [-0.2, 0) is 10.0 Å². The number of nitrogens with zero attached hydrogens (tertiary/aromatic N) is 1. The van der Waals surface area contributed by atoms with Gasteiger partial charge in [-0.15, -0.1) is 11.3 Å². The summed E-state index contributed by atoms with van der Waals surface area (Å²) in [6.45, 7) is 3.99. The highest BCUT2D eigenvalue weighted by Crippen LogP contribution is 2.35. The van der Waals surface area contributed by atoms with Gasteiger partial charge in [0, 0.05) is 16.8 Å². The molecule has 2 atom stereocenters. The molecule has 102 valence electrons. The molecule has 1 fully saturated rings. The first-order valence-electron chi connectivity index (χ1n) is 6.52. The third-order valence-electron chi connectivity index (χ3n) is 3.81. The van der Waals surface area contributed by atoms with Crippen molar-refractivity contribution in [1.29, 1.82) is 0 Å². The zero-order valence-corrected chi connectivity index (χ0v) is 12.7. The number of benzene rings is 1. The van der Waals surface area contributed by atoms with E-state index in [0.29, 0.717) is 4.21 Å². The third-order valence-corrected chi connectivity index (χ3v) is 7.50. The van der Waals surface area contributed by atoms with Crippen LogP contribution in [0.5, 0.6) is 0 Å². The lowest BCUT2D eigenvalue weighted by molar-refractivity contribution is 0.351. The van der Waals surface area contributed by atoms with Crippen LogP contribution in [0.4, 0.5) is 0 Å². The van der Waals surface area contributed by atoms with Crippen LogP contribution < -0.4 is 0 Å². The summed E-state index contributed by atoms with van der Waals surface area (Å²) in [5, 5.41) is 1.01. The highest BCUT2D eigenvalue weighted by Gasteiger charge is 2.38. The van der Waals surface area contributed by atoms with Gasteiger partial charge < -0.3 is 0 Å². The second-order valence-corrected chi connectivity index (χ2v) is 8.37. The Balaban J connectivity index is 2.09. The summed E-state index contributed by atoms with van der Waals surface area (Å²) in [4.78, 5) is 0. The number of hydrogen-bond donors (Lipinski definition) is 0. The second-order valence-electron chi connectivity index (χ2n) is 5.21. The molecule has 1 saturated heterocycles. The Kier molecular flexibility index (Phi) is 3.15. The molecule has 1 aliphatic heterocycles. The van der Waals surface area contributed by atoms with Crippen molar-refractivity contribution >= 4 is 31.4 Å². The number of thiophene rings is 1. The minimum absolute atomic E-state index is 0.102. The Morgan fingerprint density at radius 1 is 1.16 bits per heavy atom. The Labute approximate surface area is 117 Å². The summed E-state index contributed by atoms with van der Waals surface area (Å²) in [6, 6.07) is 9.81. The van der Waals surface area contributed by atoms with Crippen molar-refractivity contribution in [3.63, 3.8) is 0 Å². The molecular formula is C14H17NO2S2. The van der Waals surface area contributed by atoms with E-state index < -0.39 is 10.0 Å². The molecular weight excluding hydrogens is 278 g/mol. The van der Waals surface area contributed by atoms with E-state index in [1.54, 1.807) is 10.4 Å². The normalized spacial score (nSPS) is 25.2. The number of sulfonamides is 1. The fourth-order valence-electron chi connectivity index (χ4n) is 2.83. The van der Waals surface area contributed by atoms with Crippen LogP contribution in [0.25, 0.3) is 10.1 Å². The lowest BCUT2D eigenvalue weighted by atomic mass is 10.2. The van der Waals surface area contributed by atoms with Crippen LogP contribution >= 0.6 is 11.3 Å². The van der Waals surface area contributed by atoms with Gasteiger partial charge in [0.25, 0.3) is 10.0 Å². The van der Waals surface area contributed by atoms with Crippen molar-refractivity contribution in [2.24, 2.45) is 0 Å². The first kappa shape index (κ1) is 13.1. The zero-order valence-electron chi connectivity index (χ0n) is 11.0. The van der Waals surface area contributed by atoms with Crippen molar-refractivity contribution in [1.82, 2.24) is 4.31 Å². The van der Waals surface area contributed by atoms with Gasteiger partial charge in [-0.3, -0.25) is 0 Å². The molecule has 1 aliphatic rings. The largest absolute Gasteiger partial charge is 0.253 e. The van der Waals surface area contributed by atoms with E-state index in [9.17, 15) is 8.42 Å². The Hall–Kier alpha value is -0.910. The highest BCUT2D eigenvalue weighted by atomic mass is 32.2. The molecule has 0 saturated carbocycles. The van der Waals surface area contributed by atoms with Gasteiger partial charge in [0.15, 0.2) is 0 Å². The van der Waals surface area contributed by atoms with Gasteiger partial charge in [-0.25, -0.2) is 8.42 Å². The SMILES string of the molecule is C[C@@H]1CC[C@H](C)N1S(=O)(=O)c1cc2ccccc2s1. The Morgan fingerprint density at radius 3 is 2.42 bits per heavy atom. The molecule has 2 aromatic rings. The first-order chi connectivity index (χ1) is 9.00. The average Bonchev–Trinajstić information content (AvgIpc) is 2.93. The van der Waals surface area contributed by atoms with E-state index in [2.05, 4.69) is 0 Å². The zero-order chi connectivity index (χ0) is 13.6. The molecule has 0 bridgehead atoms. The number of hydrogen-bond acceptors (Lipinski definition) is 3. The molecule has 0 radical (unpaired) electrons. The summed E-state index contributed by atoms with van der Waals surface area (Å²) in [7, 11) is -3.35. The number of rotatable bonds is 2. The summed E-state index contributed by atoms with van der Waals surface area (Å²) in [5.41, 5.74) is 0. The van der Waals surface area contributed by atoms with Crippen molar-refractivity contribution < 1.29 is 8.42 Å². The van der Waals surface area contributed by atoms with Crippen molar-refractivity contribution in [3.8, 4) is 0 Å². The fourth-order valence-corrected chi connectivity index (χ4v) is 6.22. The fraction of sp³-hybridized carbons (Fsp3) is 0.429. The predicted molar refractivity (Wildman–Crippen MR) is 79.0 cm³/mol. The monoisotopic (exact) mass is 295 g/mol. The summed E-state index contributed by atoms with van der Waals surface area (Å²) in [6.07, 6.45) is 1.90. The van der Waals surface area contributed by atoms with Gasteiger partial charge in [-0.1, -0.05) is 18.2 Å². The molecule has 5 heteroatoms. The van der Waals surface area contributed by atoms with Gasteiger partial charge in [-0.05, 0) is 44.2 Å². The van der Waals surface area contributed by atoms with Gasteiger partial charge in [-0.2, -0.15) is 4.31 Å². The van der Waals surface area contributed by atoms with Crippen molar-refractivity contribution in [2.45, 2.75) is 43.0 Å². The first-order valence-corrected chi connectivity index (χ1v) is 8.78. The van der Waals surface area contributed by atoms with Crippen LogP contribution in [0.15, 0.2) is 34.5 Å². The van der Waals surface area contributed by atoms with E-state index >= 15 is 0 Å². The van der Waals surface area contributed by atoms with E-state index in [1.807, 2.05) is 38.1 Å². The van der Waals surface area contributed by atoms with Gasteiger partial charge in [0.1, 0.15) is 4.21 Å².